The summed E-state index contributed by atoms with van der Waals surface area (Å²) in [4.78, 5) is 16.5. The number of nitrogen functional groups attached to an aromatic ring is 1. The Morgan fingerprint density at radius 3 is 2.85 bits per heavy atom. The van der Waals surface area contributed by atoms with Gasteiger partial charge < -0.3 is 15.6 Å². The van der Waals surface area contributed by atoms with Gasteiger partial charge in [-0.25, -0.2) is 5.84 Å². The maximum Gasteiger partial charge on any atom is 0.271 e. The minimum Gasteiger partial charge on any atom is -0.349 e. The molecule has 0 aliphatic carbocycles. The first-order valence-corrected chi connectivity index (χ1v) is 6.57. The Bertz CT molecular complexity index is 450. The normalized spacial score (nSPS) is 20.6. The molecule has 1 aliphatic heterocycles. The quantitative estimate of drug-likeness (QED) is 0.467. The summed E-state index contributed by atoms with van der Waals surface area (Å²) in [5.41, 5.74) is 2.66. The Morgan fingerprint density at radius 2 is 2.20 bits per heavy atom. The summed E-state index contributed by atoms with van der Waals surface area (Å²) in [5, 5.41) is 10.5. The molecule has 1 aromatic heterocycles. The fourth-order valence-electron chi connectivity index (χ4n) is 2.15. The average Bonchev–Trinajstić information content (AvgIpc) is 2.48. The average molecular weight is 279 g/mol. The predicted molar refractivity (Wildman–Crippen MR) is 76.1 cm³/mol. The summed E-state index contributed by atoms with van der Waals surface area (Å²) in [6, 6.07) is 3.52. The lowest BCUT2D eigenvalue weighted by Crippen LogP contribution is -2.54. The van der Waals surface area contributed by atoms with Crippen LogP contribution in [0.4, 0.5) is 5.82 Å². The number of aromatic nitrogens is 2. The number of nitrogens with one attached hydrogen (secondary N) is 2. The van der Waals surface area contributed by atoms with Crippen molar-refractivity contribution >= 4 is 11.7 Å². The predicted octanol–water partition coefficient (Wildman–Crippen LogP) is -1.26. The number of piperazine rings is 1. The second kappa shape index (κ2) is 6.60. The van der Waals surface area contributed by atoms with Gasteiger partial charge in [0.05, 0.1) is 0 Å². The molecular weight excluding hydrogens is 258 g/mol. The zero-order valence-electron chi connectivity index (χ0n) is 11.8. The van der Waals surface area contributed by atoms with Gasteiger partial charge in [-0.05, 0) is 26.2 Å². The second-order valence-corrected chi connectivity index (χ2v) is 5.05. The first-order valence-electron chi connectivity index (χ1n) is 6.57. The molecule has 8 heteroatoms. The van der Waals surface area contributed by atoms with Crippen LogP contribution in [-0.2, 0) is 0 Å². The zero-order chi connectivity index (χ0) is 14.5. The third-order valence-corrected chi connectivity index (χ3v) is 3.52. The summed E-state index contributed by atoms with van der Waals surface area (Å²) in [7, 11) is 4.16. The van der Waals surface area contributed by atoms with Gasteiger partial charge in [0, 0.05) is 32.2 Å². The van der Waals surface area contributed by atoms with Crippen LogP contribution in [0.3, 0.4) is 0 Å². The van der Waals surface area contributed by atoms with Crippen molar-refractivity contribution in [3.63, 3.8) is 0 Å². The van der Waals surface area contributed by atoms with Crippen LogP contribution in [0.2, 0.25) is 0 Å². The van der Waals surface area contributed by atoms with Crippen molar-refractivity contribution in [3.8, 4) is 0 Å². The highest BCUT2D eigenvalue weighted by atomic mass is 16.1. The van der Waals surface area contributed by atoms with Crippen LogP contribution in [0.15, 0.2) is 12.1 Å². The maximum absolute atomic E-state index is 12.0. The molecule has 1 fully saturated rings. The molecule has 0 saturated carbocycles. The SMILES string of the molecule is CN1CCN(C)C(CNC(=O)c2ccc(NN)nn2)C1. The molecule has 2 rings (SSSR count). The van der Waals surface area contributed by atoms with Crippen LogP contribution < -0.4 is 16.6 Å². The van der Waals surface area contributed by atoms with Gasteiger partial charge >= 0.3 is 0 Å². The number of anilines is 1. The van der Waals surface area contributed by atoms with Gasteiger partial charge in [-0.2, -0.15) is 0 Å². The van der Waals surface area contributed by atoms with Gasteiger partial charge in [-0.3, -0.25) is 9.69 Å². The van der Waals surface area contributed by atoms with Gasteiger partial charge in [0.15, 0.2) is 11.5 Å². The molecule has 1 atom stereocenters. The summed E-state index contributed by atoms with van der Waals surface area (Å²) in [5.74, 6) is 5.40. The second-order valence-electron chi connectivity index (χ2n) is 5.05. The summed E-state index contributed by atoms with van der Waals surface area (Å²) in [6.07, 6.45) is 0. The monoisotopic (exact) mass is 279 g/mol. The lowest BCUT2D eigenvalue weighted by molar-refractivity contribution is 0.0876. The Morgan fingerprint density at radius 1 is 1.40 bits per heavy atom. The molecule has 8 nitrogen and oxygen atoms in total. The molecule has 20 heavy (non-hydrogen) atoms. The minimum atomic E-state index is -0.220. The Kier molecular flexibility index (Phi) is 4.83. The van der Waals surface area contributed by atoms with Crippen molar-refractivity contribution in [3.05, 3.63) is 17.8 Å². The molecule has 4 N–H and O–H groups in total. The van der Waals surface area contributed by atoms with E-state index in [1.807, 2.05) is 0 Å². The number of carbonyl (C=O) groups is 1. The van der Waals surface area contributed by atoms with E-state index in [9.17, 15) is 4.79 Å². The molecular formula is C12H21N7O. The van der Waals surface area contributed by atoms with Crippen molar-refractivity contribution in [2.24, 2.45) is 5.84 Å². The molecule has 2 heterocycles. The number of hydrazine groups is 1. The highest BCUT2D eigenvalue weighted by Crippen LogP contribution is 2.05. The summed E-state index contributed by atoms with van der Waals surface area (Å²) in [6.45, 7) is 3.60. The van der Waals surface area contributed by atoms with Gasteiger partial charge in [-0.15, -0.1) is 10.2 Å². The molecule has 110 valence electrons. The van der Waals surface area contributed by atoms with E-state index in [2.05, 4.69) is 44.8 Å². The third-order valence-electron chi connectivity index (χ3n) is 3.52. The number of amides is 1. The van der Waals surface area contributed by atoms with Crippen molar-refractivity contribution < 1.29 is 4.79 Å². The van der Waals surface area contributed by atoms with Gasteiger partial charge in [0.25, 0.3) is 5.91 Å². The van der Waals surface area contributed by atoms with Crippen molar-refractivity contribution in [1.29, 1.82) is 0 Å². The summed E-state index contributed by atoms with van der Waals surface area (Å²) >= 11 is 0. The van der Waals surface area contributed by atoms with Crippen LogP contribution in [0.1, 0.15) is 10.5 Å². The fourth-order valence-corrected chi connectivity index (χ4v) is 2.15. The molecule has 1 aliphatic rings. The Labute approximate surface area is 118 Å². The van der Waals surface area contributed by atoms with E-state index in [-0.39, 0.29) is 11.6 Å². The van der Waals surface area contributed by atoms with E-state index in [0.29, 0.717) is 18.4 Å². The van der Waals surface area contributed by atoms with Crippen molar-refractivity contribution in [2.75, 3.05) is 45.7 Å². The number of hydrogen-bond acceptors (Lipinski definition) is 7. The van der Waals surface area contributed by atoms with Gasteiger partial charge in [0.2, 0.25) is 0 Å². The van der Waals surface area contributed by atoms with E-state index in [1.165, 1.54) is 0 Å². The van der Waals surface area contributed by atoms with Crippen LogP contribution in [0, 0.1) is 0 Å². The maximum atomic E-state index is 12.0. The fraction of sp³-hybridized carbons (Fsp3) is 0.583. The van der Waals surface area contributed by atoms with E-state index in [0.717, 1.165) is 19.6 Å². The van der Waals surface area contributed by atoms with E-state index >= 15 is 0 Å². The van der Waals surface area contributed by atoms with E-state index in [1.54, 1.807) is 12.1 Å². The van der Waals surface area contributed by atoms with Crippen LogP contribution in [0.5, 0.6) is 0 Å². The molecule has 0 bridgehead atoms. The molecule has 1 saturated heterocycles. The Hall–Kier alpha value is -1.77. The highest BCUT2D eigenvalue weighted by molar-refractivity contribution is 5.92. The third kappa shape index (κ3) is 3.62. The van der Waals surface area contributed by atoms with E-state index < -0.39 is 0 Å². The molecule has 0 aromatic carbocycles. The number of nitrogens with zero attached hydrogens (tertiary/aromatic N) is 4. The number of hydrogen-bond donors (Lipinski definition) is 3. The van der Waals surface area contributed by atoms with Crippen LogP contribution in [-0.4, -0.2) is 72.2 Å². The molecule has 0 radical (unpaired) electrons. The largest absolute Gasteiger partial charge is 0.349 e. The Balaban J connectivity index is 1.87. The summed E-state index contributed by atoms with van der Waals surface area (Å²) < 4.78 is 0. The number of carbonyl (C=O) groups excluding carboxylic acids is 1. The molecule has 1 unspecified atom stereocenters. The number of nitrogens with two attached hydrogens (primary N) is 1. The zero-order valence-corrected chi connectivity index (χ0v) is 11.8. The van der Waals surface area contributed by atoms with Crippen LogP contribution >= 0.6 is 0 Å². The molecule has 0 spiro atoms. The highest BCUT2D eigenvalue weighted by Gasteiger charge is 2.22. The smallest absolute Gasteiger partial charge is 0.271 e. The van der Waals surface area contributed by atoms with Crippen molar-refractivity contribution in [1.82, 2.24) is 25.3 Å². The first kappa shape index (κ1) is 14.6. The molecule has 1 amide bonds. The number of likely N-dealkylation sites (N-methyl/N-ethyl adjacent to an activating group) is 2. The number of rotatable bonds is 4. The van der Waals surface area contributed by atoms with Crippen molar-refractivity contribution in [2.45, 2.75) is 6.04 Å². The minimum absolute atomic E-state index is 0.220. The lowest BCUT2D eigenvalue weighted by atomic mass is 10.2. The standard InChI is InChI=1S/C12H21N7O/c1-18-5-6-19(2)9(8-18)7-14-12(20)10-3-4-11(15-13)17-16-10/h3-4,9H,5-8,13H2,1-2H3,(H,14,20)(H,15,17). The first-order chi connectivity index (χ1) is 9.60. The van der Waals surface area contributed by atoms with Crippen LogP contribution in [0.25, 0.3) is 0 Å². The lowest BCUT2D eigenvalue weighted by Gasteiger charge is -2.37. The van der Waals surface area contributed by atoms with Gasteiger partial charge in [0.1, 0.15) is 0 Å². The molecule has 1 aromatic rings. The topological polar surface area (TPSA) is 99.4 Å². The van der Waals surface area contributed by atoms with E-state index in [4.69, 9.17) is 5.84 Å². The van der Waals surface area contributed by atoms with Gasteiger partial charge in [-0.1, -0.05) is 0 Å².